The van der Waals surface area contributed by atoms with Gasteiger partial charge in [-0.05, 0) is 65.7 Å². The van der Waals surface area contributed by atoms with Crippen molar-refractivity contribution in [3.63, 3.8) is 0 Å². The number of carbonyl (C=O) groups excluding carboxylic acids is 1. The van der Waals surface area contributed by atoms with Crippen molar-refractivity contribution in [1.29, 1.82) is 0 Å². The number of benzene rings is 3. The van der Waals surface area contributed by atoms with E-state index in [2.05, 4.69) is 10.5 Å². The summed E-state index contributed by atoms with van der Waals surface area (Å²) in [7, 11) is -4.11. The van der Waals surface area contributed by atoms with Gasteiger partial charge in [-0.3, -0.25) is 9.10 Å². The minimum atomic E-state index is -4.81. The third-order valence-electron chi connectivity index (χ3n) is 4.81. The zero-order valence-electron chi connectivity index (χ0n) is 19.2. The Morgan fingerprint density at radius 3 is 2.41 bits per heavy atom. The Kier molecular flexibility index (Phi) is 9.06. The molecular weight excluding hydrogens is 554 g/mol. The summed E-state index contributed by atoms with van der Waals surface area (Å²) in [5.41, 5.74) is 2.07. The number of anilines is 1. The molecule has 37 heavy (non-hydrogen) atoms. The van der Waals surface area contributed by atoms with Crippen LogP contribution in [0.25, 0.3) is 0 Å². The van der Waals surface area contributed by atoms with E-state index in [1.807, 2.05) is 12.1 Å². The Balaban J connectivity index is 1.61. The van der Waals surface area contributed by atoms with Gasteiger partial charge < -0.3 is 4.74 Å². The van der Waals surface area contributed by atoms with Crippen molar-refractivity contribution in [1.82, 2.24) is 5.43 Å². The molecule has 0 aromatic heterocycles. The van der Waals surface area contributed by atoms with Gasteiger partial charge in [0.25, 0.3) is 5.91 Å². The highest BCUT2D eigenvalue weighted by Crippen LogP contribution is 2.37. The Labute approximate surface area is 221 Å². The highest BCUT2D eigenvalue weighted by atomic mass is 35.5. The topological polar surface area (TPSA) is 88.1 Å². The fourth-order valence-electron chi connectivity index (χ4n) is 3.07. The zero-order chi connectivity index (χ0) is 27.2. The van der Waals surface area contributed by atoms with E-state index in [4.69, 9.17) is 27.9 Å². The highest BCUT2D eigenvalue weighted by Gasteiger charge is 2.34. The maximum absolute atomic E-state index is 13.2. The van der Waals surface area contributed by atoms with E-state index in [9.17, 15) is 26.4 Å². The summed E-state index contributed by atoms with van der Waals surface area (Å²) >= 11 is 11.5. The van der Waals surface area contributed by atoms with E-state index in [0.29, 0.717) is 33.3 Å². The first-order chi connectivity index (χ1) is 17.3. The number of rotatable bonds is 9. The van der Waals surface area contributed by atoms with E-state index >= 15 is 0 Å². The lowest BCUT2D eigenvalue weighted by molar-refractivity contribution is -0.137. The minimum absolute atomic E-state index is 0.318. The van der Waals surface area contributed by atoms with Crippen LogP contribution in [0.1, 0.15) is 16.7 Å². The van der Waals surface area contributed by atoms with Crippen LogP contribution in [0, 0.1) is 0 Å². The van der Waals surface area contributed by atoms with Crippen molar-refractivity contribution in [2.24, 2.45) is 5.10 Å². The lowest BCUT2D eigenvalue weighted by atomic mass is 10.2. The number of hydrogen-bond acceptors (Lipinski definition) is 5. The second-order valence-corrected chi connectivity index (χ2v) is 10.5. The molecule has 0 spiro atoms. The molecule has 0 aliphatic carbocycles. The second-order valence-electron chi connectivity index (χ2n) is 7.71. The third kappa shape index (κ3) is 8.38. The van der Waals surface area contributed by atoms with Gasteiger partial charge in [-0.15, -0.1) is 0 Å². The molecule has 3 aromatic rings. The molecule has 1 N–H and O–H groups in total. The summed E-state index contributed by atoms with van der Waals surface area (Å²) in [5, 5.41) is 3.78. The molecule has 0 saturated heterocycles. The molecule has 0 fully saturated rings. The Morgan fingerprint density at radius 1 is 1.08 bits per heavy atom. The monoisotopic (exact) mass is 573 g/mol. The fraction of sp³-hybridized carbons (Fsp3) is 0.167. The normalized spacial score (nSPS) is 11.9. The molecule has 0 radical (unpaired) electrons. The van der Waals surface area contributed by atoms with Crippen LogP contribution >= 0.6 is 23.2 Å². The minimum Gasteiger partial charge on any atom is -0.489 e. The van der Waals surface area contributed by atoms with Crippen molar-refractivity contribution in [3.05, 3.63) is 93.5 Å². The van der Waals surface area contributed by atoms with Crippen LogP contribution in [0.4, 0.5) is 18.9 Å². The molecule has 0 aliphatic heterocycles. The summed E-state index contributed by atoms with van der Waals surface area (Å²) in [6, 6.07) is 16.5. The van der Waals surface area contributed by atoms with E-state index < -0.39 is 39.2 Å². The van der Waals surface area contributed by atoms with E-state index in [-0.39, 0.29) is 5.69 Å². The van der Waals surface area contributed by atoms with Gasteiger partial charge in [0.15, 0.2) is 0 Å². The number of ether oxygens (including phenoxy) is 1. The van der Waals surface area contributed by atoms with E-state index in [0.717, 1.165) is 24.0 Å². The molecule has 0 saturated carbocycles. The Morgan fingerprint density at radius 2 is 1.78 bits per heavy atom. The summed E-state index contributed by atoms with van der Waals surface area (Å²) < 4.78 is 70.1. The number of alkyl halides is 3. The molecule has 7 nitrogen and oxygen atoms in total. The lowest BCUT2D eigenvalue weighted by Crippen LogP contribution is -2.39. The number of hydrogen-bond donors (Lipinski definition) is 1. The standard InChI is InChI=1S/C24H20Cl2F3N3O4S/c1-37(34,35)32(19-7-10-22(26)21(12-19)24(27,28)29)14-23(33)31-30-13-16-5-8-20(9-6-16)36-15-17-3-2-4-18(25)11-17/h2-13H,14-15H2,1H3,(H,31,33)/b30-13-. The second kappa shape index (κ2) is 11.8. The first-order valence-electron chi connectivity index (χ1n) is 10.5. The van der Waals surface area contributed by atoms with Gasteiger partial charge in [0.05, 0.1) is 28.7 Å². The van der Waals surface area contributed by atoms with Gasteiger partial charge >= 0.3 is 6.18 Å². The van der Waals surface area contributed by atoms with Crippen LogP contribution in [-0.2, 0) is 27.6 Å². The number of nitrogens with zero attached hydrogens (tertiary/aromatic N) is 2. The molecule has 0 unspecified atom stereocenters. The molecule has 0 heterocycles. The van der Waals surface area contributed by atoms with Crippen molar-refractivity contribution in [3.8, 4) is 5.75 Å². The Hall–Kier alpha value is -3.28. The van der Waals surface area contributed by atoms with Gasteiger partial charge in [-0.25, -0.2) is 13.8 Å². The maximum atomic E-state index is 13.2. The summed E-state index contributed by atoms with van der Waals surface area (Å²) in [5.74, 6) is -0.280. The average Bonchev–Trinajstić information content (AvgIpc) is 2.81. The number of nitrogens with one attached hydrogen (secondary N) is 1. The molecular formula is C24H20Cl2F3N3O4S. The number of sulfonamides is 1. The van der Waals surface area contributed by atoms with Gasteiger partial charge in [-0.1, -0.05) is 35.3 Å². The fourth-order valence-corrected chi connectivity index (χ4v) is 4.36. The van der Waals surface area contributed by atoms with Crippen LogP contribution < -0.4 is 14.5 Å². The van der Waals surface area contributed by atoms with Crippen LogP contribution in [0.2, 0.25) is 10.0 Å². The predicted molar refractivity (Wildman–Crippen MR) is 137 cm³/mol. The smallest absolute Gasteiger partial charge is 0.417 e. The van der Waals surface area contributed by atoms with Crippen LogP contribution in [0.5, 0.6) is 5.75 Å². The molecule has 0 aliphatic rings. The van der Waals surface area contributed by atoms with Crippen LogP contribution in [0.15, 0.2) is 71.8 Å². The summed E-state index contributed by atoms with van der Waals surface area (Å²) in [6.07, 6.45) is -2.73. The number of carbonyl (C=O) groups is 1. The maximum Gasteiger partial charge on any atom is 0.417 e. The largest absolute Gasteiger partial charge is 0.489 e. The van der Waals surface area contributed by atoms with Crippen molar-refractivity contribution in [2.75, 3.05) is 17.1 Å². The first kappa shape index (κ1) is 28.3. The molecule has 0 atom stereocenters. The molecule has 3 rings (SSSR count). The first-order valence-corrected chi connectivity index (χ1v) is 13.1. The van der Waals surface area contributed by atoms with Crippen molar-refractivity contribution >= 4 is 51.0 Å². The SMILES string of the molecule is CS(=O)(=O)N(CC(=O)N/N=C\c1ccc(OCc2cccc(Cl)c2)cc1)c1ccc(Cl)c(C(F)(F)F)c1. The van der Waals surface area contributed by atoms with Crippen molar-refractivity contribution < 1.29 is 31.1 Å². The molecule has 1 amide bonds. The predicted octanol–water partition coefficient (Wildman–Crippen LogP) is 5.51. The third-order valence-corrected chi connectivity index (χ3v) is 6.51. The van der Waals surface area contributed by atoms with Gasteiger partial charge in [-0.2, -0.15) is 18.3 Å². The van der Waals surface area contributed by atoms with E-state index in [1.165, 1.54) is 6.21 Å². The van der Waals surface area contributed by atoms with Gasteiger partial charge in [0, 0.05) is 5.02 Å². The van der Waals surface area contributed by atoms with Gasteiger partial charge in [0.2, 0.25) is 10.0 Å². The number of hydrazone groups is 1. The number of amides is 1. The van der Waals surface area contributed by atoms with Crippen LogP contribution in [0.3, 0.4) is 0 Å². The van der Waals surface area contributed by atoms with Gasteiger partial charge in [0.1, 0.15) is 18.9 Å². The molecule has 3 aromatic carbocycles. The summed E-state index contributed by atoms with van der Waals surface area (Å²) in [4.78, 5) is 12.3. The quantitative estimate of drug-likeness (QED) is 0.270. The lowest BCUT2D eigenvalue weighted by Gasteiger charge is -2.22. The molecule has 196 valence electrons. The summed E-state index contributed by atoms with van der Waals surface area (Å²) in [6.45, 7) is -0.482. The molecule has 13 heteroatoms. The average molecular weight is 574 g/mol. The zero-order valence-corrected chi connectivity index (χ0v) is 21.5. The van der Waals surface area contributed by atoms with E-state index in [1.54, 1.807) is 36.4 Å². The molecule has 0 bridgehead atoms. The highest BCUT2D eigenvalue weighted by molar-refractivity contribution is 7.92. The van der Waals surface area contributed by atoms with Crippen molar-refractivity contribution in [2.45, 2.75) is 12.8 Å². The van der Waals surface area contributed by atoms with Crippen LogP contribution in [-0.4, -0.2) is 33.3 Å². The Bertz CT molecular complexity index is 1400. The number of halogens is 5.